The minimum Gasteiger partial charge on any atom is -0.455 e. The Hall–Kier alpha value is -1.40. The van der Waals surface area contributed by atoms with E-state index in [0.29, 0.717) is 24.8 Å². The highest BCUT2D eigenvalue weighted by atomic mass is 32.1. The quantitative estimate of drug-likeness (QED) is 0.800. The Kier molecular flexibility index (Phi) is 3.92. The van der Waals surface area contributed by atoms with E-state index in [4.69, 9.17) is 4.74 Å². The lowest BCUT2D eigenvalue weighted by Crippen LogP contribution is -2.58. The predicted octanol–water partition coefficient (Wildman–Crippen LogP) is 2.24. The van der Waals surface area contributed by atoms with Crippen molar-refractivity contribution >= 4 is 23.2 Å². The summed E-state index contributed by atoms with van der Waals surface area (Å²) in [5.74, 6) is 0.286. The summed E-state index contributed by atoms with van der Waals surface area (Å²) in [6.45, 7) is 0.225. The molecule has 2 atom stereocenters. The van der Waals surface area contributed by atoms with Gasteiger partial charge >= 0.3 is 5.97 Å². The summed E-state index contributed by atoms with van der Waals surface area (Å²) < 4.78 is 5.34. The first kappa shape index (κ1) is 16.1. The Balaban J connectivity index is 1.32. The van der Waals surface area contributed by atoms with Crippen LogP contribution in [0.5, 0.6) is 0 Å². The number of thiophene rings is 1. The van der Waals surface area contributed by atoms with Crippen LogP contribution in [0.15, 0.2) is 17.5 Å². The van der Waals surface area contributed by atoms with Crippen molar-refractivity contribution in [3.63, 3.8) is 0 Å². The van der Waals surface area contributed by atoms with E-state index in [1.165, 1.54) is 0 Å². The molecule has 0 saturated heterocycles. The van der Waals surface area contributed by atoms with Crippen LogP contribution in [0.3, 0.4) is 0 Å². The summed E-state index contributed by atoms with van der Waals surface area (Å²) in [5.41, 5.74) is -1.25. The zero-order valence-corrected chi connectivity index (χ0v) is 14.4. The monoisotopic (exact) mass is 349 g/mol. The lowest BCUT2D eigenvalue weighted by Gasteiger charge is -2.58. The van der Waals surface area contributed by atoms with E-state index >= 15 is 0 Å². The van der Waals surface area contributed by atoms with Gasteiger partial charge in [0.1, 0.15) is 0 Å². The Morgan fingerprint density at radius 1 is 1.29 bits per heavy atom. The molecule has 1 aromatic heterocycles. The van der Waals surface area contributed by atoms with Crippen molar-refractivity contribution in [2.45, 2.75) is 50.7 Å². The molecule has 2 unspecified atom stereocenters. The predicted molar refractivity (Wildman–Crippen MR) is 89.2 cm³/mol. The minimum atomic E-state index is -0.690. The Bertz CT molecular complexity index is 627. The number of aliphatic hydroxyl groups is 1. The average Bonchev–Trinajstić information content (AvgIpc) is 3.01. The summed E-state index contributed by atoms with van der Waals surface area (Å²) >= 11 is 1.58. The topological polar surface area (TPSA) is 75.6 Å². The van der Waals surface area contributed by atoms with Crippen LogP contribution in [0, 0.1) is 17.3 Å². The molecule has 4 aliphatic carbocycles. The standard InChI is InChI=1S/C18H23NO4S/c20-15(19-9-14-2-1-3-24-14)10-23-16(21)17-5-12-4-13(6-17)8-18(22,7-12)11-17/h1-3,12-13,22H,4-11H2,(H,19,20). The molecular formula is C18H23NO4S. The molecule has 1 aromatic rings. The highest BCUT2D eigenvalue weighted by molar-refractivity contribution is 7.09. The van der Waals surface area contributed by atoms with Crippen LogP contribution in [0.1, 0.15) is 43.4 Å². The smallest absolute Gasteiger partial charge is 0.312 e. The third-order valence-corrected chi connectivity index (χ3v) is 6.71. The van der Waals surface area contributed by atoms with Gasteiger partial charge in [-0.15, -0.1) is 11.3 Å². The maximum Gasteiger partial charge on any atom is 0.312 e. The van der Waals surface area contributed by atoms with Crippen molar-refractivity contribution in [2.24, 2.45) is 17.3 Å². The molecule has 4 aliphatic rings. The van der Waals surface area contributed by atoms with Gasteiger partial charge in [-0.05, 0) is 61.8 Å². The number of nitrogens with one attached hydrogen (secondary N) is 1. The summed E-state index contributed by atoms with van der Waals surface area (Å²) in [4.78, 5) is 25.6. The molecule has 0 spiro atoms. The largest absolute Gasteiger partial charge is 0.455 e. The summed E-state index contributed by atoms with van der Waals surface area (Å²) in [6, 6.07) is 3.89. The molecule has 5 rings (SSSR count). The maximum absolute atomic E-state index is 12.7. The van der Waals surface area contributed by atoms with Gasteiger partial charge in [-0.2, -0.15) is 0 Å². The zero-order chi connectivity index (χ0) is 16.8. The molecule has 4 saturated carbocycles. The number of carbonyl (C=O) groups excluding carboxylic acids is 2. The third-order valence-electron chi connectivity index (χ3n) is 5.84. The van der Waals surface area contributed by atoms with Gasteiger partial charge in [0.25, 0.3) is 5.91 Å². The molecule has 5 nitrogen and oxygen atoms in total. The number of carbonyl (C=O) groups is 2. The van der Waals surface area contributed by atoms with Crippen LogP contribution in [-0.2, 0) is 20.9 Å². The summed E-state index contributed by atoms with van der Waals surface area (Å²) in [5, 5.41) is 15.4. The van der Waals surface area contributed by atoms with Crippen molar-refractivity contribution in [3.8, 4) is 0 Å². The molecule has 6 heteroatoms. The van der Waals surface area contributed by atoms with Gasteiger partial charge in [0.15, 0.2) is 6.61 Å². The molecule has 0 aliphatic heterocycles. The second kappa shape index (κ2) is 5.85. The van der Waals surface area contributed by atoms with E-state index < -0.39 is 11.0 Å². The van der Waals surface area contributed by atoms with Gasteiger partial charge in [-0.1, -0.05) is 6.07 Å². The van der Waals surface area contributed by atoms with Crippen molar-refractivity contribution in [1.82, 2.24) is 5.32 Å². The van der Waals surface area contributed by atoms with Crippen LogP contribution in [-0.4, -0.2) is 29.2 Å². The van der Waals surface area contributed by atoms with Gasteiger partial charge in [0.05, 0.1) is 17.6 Å². The number of esters is 1. The van der Waals surface area contributed by atoms with Crippen molar-refractivity contribution in [3.05, 3.63) is 22.4 Å². The lowest BCUT2D eigenvalue weighted by molar-refractivity contribution is -0.196. The average molecular weight is 349 g/mol. The van der Waals surface area contributed by atoms with E-state index in [1.54, 1.807) is 11.3 Å². The van der Waals surface area contributed by atoms with Gasteiger partial charge in [0.2, 0.25) is 0 Å². The molecule has 4 fully saturated rings. The third kappa shape index (κ3) is 2.97. The second-order valence-electron chi connectivity index (χ2n) is 7.90. The molecule has 2 N–H and O–H groups in total. The maximum atomic E-state index is 12.7. The van der Waals surface area contributed by atoms with Crippen LogP contribution in [0.25, 0.3) is 0 Å². The first-order valence-electron chi connectivity index (χ1n) is 8.65. The van der Waals surface area contributed by atoms with E-state index in [9.17, 15) is 14.7 Å². The molecule has 0 radical (unpaired) electrons. The van der Waals surface area contributed by atoms with Gasteiger partial charge in [0, 0.05) is 4.88 Å². The van der Waals surface area contributed by atoms with Gasteiger partial charge < -0.3 is 15.2 Å². The second-order valence-corrected chi connectivity index (χ2v) is 8.93. The number of amides is 1. The fourth-order valence-electron chi connectivity index (χ4n) is 5.39. The summed E-state index contributed by atoms with van der Waals surface area (Å²) in [7, 11) is 0. The van der Waals surface area contributed by atoms with E-state index in [2.05, 4.69) is 5.32 Å². The van der Waals surface area contributed by atoms with Crippen LogP contribution < -0.4 is 5.32 Å². The number of ether oxygens (including phenoxy) is 1. The van der Waals surface area contributed by atoms with Crippen molar-refractivity contribution < 1.29 is 19.4 Å². The highest BCUT2D eigenvalue weighted by Crippen LogP contribution is 2.61. The minimum absolute atomic E-state index is 0.236. The molecule has 24 heavy (non-hydrogen) atoms. The number of hydrogen-bond donors (Lipinski definition) is 2. The normalized spacial score (nSPS) is 36.5. The Morgan fingerprint density at radius 3 is 2.67 bits per heavy atom. The number of rotatable bonds is 5. The molecule has 130 valence electrons. The first-order valence-corrected chi connectivity index (χ1v) is 9.53. The fourth-order valence-corrected chi connectivity index (χ4v) is 6.03. The molecular weight excluding hydrogens is 326 g/mol. The van der Waals surface area contributed by atoms with E-state index in [1.807, 2.05) is 17.5 Å². The molecule has 1 heterocycles. The highest BCUT2D eigenvalue weighted by Gasteiger charge is 2.60. The van der Waals surface area contributed by atoms with Crippen LogP contribution in [0.2, 0.25) is 0 Å². The van der Waals surface area contributed by atoms with E-state index in [0.717, 1.165) is 37.0 Å². The van der Waals surface area contributed by atoms with E-state index in [-0.39, 0.29) is 18.5 Å². The Morgan fingerprint density at radius 2 is 2.04 bits per heavy atom. The Labute approximate surface area is 145 Å². The molecule has 0 aromatic carbocycles. The van der Waals surface area contributed by atoms with Crippen LogP contribution in [0.4, 0.5) is 0 Å². The van der Waals surface area contributed by atoms with Gasteiger partial charge in [-0.3, -0.25) is 9.59 Å². The lowest BCUT2D eigenvalue weighted by atomic mass is 9.48. The molecule has 1 amide bonds. The zero-order valence-electron chi connectivity index (χ0n) is 13.6. The SMILES string of the molecule is O=C(COC(=O)C12CC3CC(CC(O)(C3)C1)C2)NCc1cccs1. The summed E-state index contributed by atoms with van der Waals surface area (Å²) in [6.07, 6.45) is 4.88. The molecule has 4 bridgehead atoms. The van der Waals surface area contributed by atoms with Crippen molar-refractivity contribution in [2.75, 3.05) is 6.61 Å². The van der Waals surface area contributed by atoms with Gasteiger partial charge in [-0.25, -0.2) is 0 Å². The van der Waals surface area contributed by atoms with Crippen molar-refractivity contribution in [1.29, 1.82) is 0 Å². The fraction of sp³-hybridized carbons (Fsp3) is 0.667. The first-order chi connectivity index (χ1) is 11.5. The number of hydrogen-bond acceptors (Lipinski definition) is 5. The van der Waals surface area contributed by atoms with Crippen LogP contribution >= 0.6 is 11.3 Å².